The summed E-state index contributed by atoms with van der Waals surface area (Å²) >= 11 is 0. The predicted octanol–water partition coefficient (Wildman–Crippen LogP) is 6.65. The van der Waals surface area contributed by atoms with E-state index in [0.717, 1.165) is 41.4 Å². The normalized spacial score (nSPS) is 51.9. The Morgan fingerprint density at radius 2 is 1.70 bits per heavy atom. The van der Waals surface area contributed by atoms with Crippen LogP contribution in [-0.2, 0) is 0 Å². The molecule has 2 heteroatoms. The number of nitrogens with two attached hydrogens (primary N) is 1. The van der Waals surface area contributed by atoms with Crippen LogP contribution in [-0.4, -0.2) is 17.3 Å². The molecule has 30 heavy (non-hydrogen) atoms. The van der Waals surface area contributed by atoms with Crippen LogP contribution in [0.1, 0.15) is 106 Å². The number of fused-ring (bicyclic) bond motifs is 5. The maximum absolute atomic E-state index is 10.9. The van der Waals surface area contributed by atoms with Gasteiger partial charge in [0, 0.05) is 6.04 Å². The molecule has 0 aliphatic heterocycles. The van der Waals surface area contributed by atoms with E-state index in [1.165, 1.54) is 64.2 Å². The van der Waals surface area contributed by atoms with E-state index in [0.29, 0.717) is 11.3 Å². The molecule has 2 nitrogen and oxygen atoms in total. The lowest BCUT2D eigenvalue weighted by atomic mass is 9.42. The van der Waals surface area contributed by atoms with Crippen LogP contribution in [0, 0.1) is 58.2 Å². The van der Waals surface area contributed by atoms with Gasteiger partial charge in [0.1, 0.15) is 0 Å². The van der Waals surface area contributed by atoms with Crippen LogP contribution in [0.4, 0.5) is 0 Å². The van der Waals surface area contributed by atoms with Gasteiger partial charge in [-0.15, -0.1) is 0 Å². The number of rotatable bonds is 5. The third-order valence-corrected chi connectivity index (χ3v) is 11.5. The summed E-state index contributed by atoms with van der Waals surface area (Å²) < 4.78 is 0. The summed E-state index contributed by atoms with van der Waals surface area (Å²) in [6.07, 6.45) is 13.5. The third kappa shape index (κ3) is 3.51. The van der Waals surface area contributed by atoms with E-state index in [1.54, 1.807) is 0 Å². The van der Waals surface area contributed by atoms with E-state index in [2.05, 4.69) is 41.5 Å². The molecule has 3 N–H and O–H groups in total. The Labute approximate surface area is 187 Å². The Morgan fingerprint density at radius 3 is 2.40 bits per heavy atom. The van der Waals surface area contributed by atoms with E-state index in [-0.39, 0.29) is 17.6 Å². The minimum Gasteiger partial charge on any atom is -0.391 e. The van der Waals surface area contributed by atoms with Gasteiger partial charge in [-0.25, -0.2) is 0 Å². The SMILES string of the molecule is CC(C)CCC[C@@H](C)[C@H]1CCC2C3CCC4C[C@@H](C)[C@@H](O)[C@H](N)[C@]4(C)C3CC[C@@]21C. The molecule has 0 aromatic rings. The standard InChI is InChI=1S/C28H51NO/c1-17(2)8-7-9-18(3)22-12-13-23-21-11-10-20-16-19(4)25(30)26(29)28(20,6)24(21)14-15-27(22,23)5/h17-26,30H,7-16,29H2,1-6H3/t18-,19-,20?,21?,22-,23?,24?,25-,26+,27-,28+/m1/s1. The Hall–Kier alpha value is -0.0800. The quantitative estimate of drug-likeness (QED) is 0.526. The van der Waals surface area contributed by atoms with Gasteiger partial charge in [-0.1, -0.05) is 60.8 Å². The average Bonchev–Trinajstić information content (AvgIpc) is 3.04. The highest BCUT2D eigenvalue weighted by Crippen LogP contribution is 2.68. The second-order valence-electron chi connectivity index (χ2n) is 13.3. The van der Waals surface area contributed by atoms with Gasteiger partial charge in [0.15, 0.2) is 0 Å². The van der Waals surface area contributed by atoms with Crippen molar-refractivity contribution < 1.29 is 5.11 Å². The third-order valence-electron chi connectivity index (χ3n) is 11.5. The monoisotopic (exact) mass is 417 g/mol. The van der Waals surface area contributed by atoms with Crippen molar-refractivity contribution in [2.45, 2.75) is 118 Å². The van der Waals surface area contributed by atoms with Gasteiger partial charge in [-0.2, -0.15) is 0 Å². The van der Waals surface area contributed by atoms with Gasteiger partial charge < -0.3 is 10.8 Å². The van der Waals surface area contributed by atoms with Crippen LogP contribution in [0.15, 0.2) is 0 Å². The molecule has 0 aromatic heterocycles. The summed E-state index contributed by atoms with van der Waals surface area (Å²) in [5.74, 6) is 6.22. The highest BCUT2D eigenvalue weighted by molar-refractivity contribution is 5.13. The number of hydrogen-bond acceptors (Lipinski definition) is 2. The van der Waals surface area contributed by atoms with E-state index < -0.39 is 0 Å². The minimum absolute atomic E-state index is 0.0319. The maximum atomic E-state index is 10.9. The van der Waals surface area contributed by atoms with Gasteiger partial charge in [0.2, 0.25) is 0 Å². The first-order valence-corrected chi connectivity index (χ1v) is 13.5. The molecule has 11 atom stereocenters. The van der Waals surface area contributed by atoms with Gasteiger partial charge in [-0.3, -0.25) is 0 Å². The Morgan fingerprint density at radius 1 is 0.967 bits per heavy atom. The summed E-state index contributed by atoms with van der Waals surface area (Å²) in [5.41, 5.74) is 7.54. The summed E-state index contributed by atoms with van der Waals surface area (Å²) in [4.78, 5) is 0. The molecular formula is C28H51NO. The highest BCUT2D eigenvalue weighted by Gasteiger charge is 2.63. The van der Waals surface area contributed by atoms with Crippen LogP contribution in [0.25, 0.3) is 0 Å². The molecule has 174 valence electrons. The first-order chi connectivity index (χ1) is 14.1. The zero-order chi connectivity index (χ0) is 21.8. The topological polar surface area (TPSA) is 46.2 Å². The molecule has 0 amide bonds. The summed E-state index contributed by atoms with van der Waals surface area (Å²) in [5, 5.41) is 10.9. The maximum Gasteiger partial charge on any atom is 0.0722 e. The zero-order valence-electron chi connectivity index (χ0n) is 20.9. The van der Waals surface area contributed by atoms with Crippen LogP contribution in [0.5, 0.6) is 0 Å². The molecular weight excluding hydrogens is 366 g/mol. The van der Waals surface area contributed by atoms with Crippen molar-refractivity contribution in [3.63, 3.8) is 0 Å². The molecule has 0 radical (unpaired) electrons. The minimum atomic E-state index is -0.310. The second-order valence-corrected chi connectivity index (χ2v) is 13.3. The van der Waals surface area contributed by atoms with E-state index in [4.69, 9.17) is 5.73 Å². The molecule has 4 fully saturated rings. The van der Waals surface area contributed by atoms with E-state index >= 15 is 0 Å². The number of aliphatic hydroxyl groups excluding tert-OH is 1. The molecule has 4 rings (SSSR count). The second kappa shape index (κ2) is 8.36. The van der Waals surface area contributed by atoms with Gasteiger partial charge in [-0.05, 0) is 103 Å². The van der Waals surface area contributed by atoms with Crippen LogP contribution < -0.4 is 5.73 Å². The summed E-state index contributed by atoms with van der Waals surface area (Å²) in [6, 6.07) is -0.0319. The molecule has 0 heterocycles. The van der Waals surface area contributed by atoms with Crippen molar-refractivity contribution in [2.75, 3.05) is 0 Å². The van der Waals surface area contributed by atoms with Crippen molar-refractivity contribution in [3.8, 4) is 0 Å². The predicted molar refractivity (Wildman–Crippen MR) is 127 cm³/mol. The lowest BCUT2D eigenvalue weighted by molar-refractivity contribution is -0.156. The number of hydrogen-bond donors (Lipinski definition) is 2. The fraction of sp³-hybridized carbons (Fsp3) is 1.00. The average molecular weight is 418 g/mol. The fourth-order valence-corrected chi connectivity index (χ4v) is 9.70. The van der Waals surface area contributed by atoms with E-state index in [1.807, 2.05) is 0 Å². The largest absolute Gasteiger partial charge is 0.391 e. The van der Waals surface area contributed by atoms with Crippen molar-refractivity contribution in [1.29, 1.82) is 0 Å². The Balaban J connectivity index is 1.51. The Kier molecular flexibility index (Phi) is 6.44. The van der Waals surface area contributed by atoms with Crippen molar-refractivity contribution in [1.82, 2.24) is 0 Å². The molecule has 4 saturated carbocycles. The van der Waals surface area contributed by atoms with Crippen LogP contribution in [0.3, 0.4) is 0 Å². The van der Waals surface area contributed by atoms with Crippen LogP contribution in [0.2, 0.25) is 0 Å². The van der Waals surface area contributed by atoms with Crippen molar-refractivity contribution in [3.05, 3.63) is 0 Å². The molecule has 4 aliphatic carbocycles. The van der Waals surface area contributed by atoms with E-state index in [9.17, 15) is 5.11 Å². The van der Waals surface area contributed by atoms with Crippen molar-refractivity contribution >= 4 is 0 Å². The molecule has 4 aliphatic rings. The molecule has 0 spiro atoms. The first-order valence-electron chi connectivity index (χ1n) is 13.5. The molecule has 0 saturated heterocycles. The van der Waals surface area contributed by atoms with Gasteiger partial charge in [0.25, 0.3) is 0 Å². The zero-order valence-corrected chi connectivity index (χ0v) is 20.9. The van der Waals surface area contributed by atoms with Gasteiger partial charge >= 0.3 is 0 Å². The van der Waals surface area contributed by atoms with Gasteiger partial charge in [0.05, 0.1) is 6.10 Å². The lowest BCUT2D eigenvalue weighted by Gasteiger charge is -2.64. The van der Waals surface area contributed by atoms with Crippen LogP contribution >= 0.6 is 0 Å². The lowest BCUT2D eigenvalue weighted by Crippen LogP contribution is -2.65. The first kappa shape index (κ1) is 23.1. The fourth-order valence-electron chi connectivity index (χ4n) is 9.70. The Bertz CT molecular complexity index is 599. The number of aliphatic hydroxyl groups is 1. The molecule has 4 unspecified atom stereocenters. The van der Waals surface area contributed by atoms with Crippen molar-refractivity contribution in [2.24, 2.45) is 63.9 Å². The molecule has 0 aromatic carbocycles. The highest BCUT2D eigenvalue weighted by atomic mass is 16.3. The smallest absolute Gasteiger partial charge is 0.0722 e. The summed E-state index contributed by atoms with van der Waals surface area (Å²) in [7, 11) is 0. The summed E-state index contributed by atoms with van der Waals surface area (Å²) in [6.45, 7) is 14.7. The molecule has 0 bridgehead atoms.